The maximum atomic E-state index is 12.9. The van der Waals surface area contributed by atoms with Gasteiger partial charge in [-0.05, 0) is 135 Å². The van der Waals surface area contributed by atoms with Crippen LogP contribution in [0.15, 0.2) is 134 Å². The van der Waals surface area contributed by atoms with E-state index in [9.17, 15) is 14.4 Å². The van der Waals surface area contributed by atoms with E-state index < -0.39 is 6.10 Å². The van der Waals surface area contributed by atoms with Gasteiger partial charge >= 0.3 is 17.9 Å². The second-order valence-corrected chi connectivity index (χ2v) is 18.5. The van der Waals surface area contributed by atoms with Crippen LogP contribution >= 0.6 is 0 Å². The Bertz CT molecular complexity index is 1550. The van der Waals surface area contributed by atoms with Crippen molar-refractivity contribution in [1.82, 2.24) is 0 Å². The Hall–Kier alpha value is -4.45. The Morgan fingerprint density at radius 3 is 0.958 bits per heavy atom. The molecule has 0 unspecified atom stereocenters. The average molecular weight is 982 g/mol. The van der Waals surface area contributed by atoms with Crippen molar-refractivity contribution in [2.24, 2.45) is 0 Å². The largest absolute Gasteiger partial charge is 0.462 e. The zero-order valence-corrected chi connectivity index (χ0v) is 45.7. The van der Waals surface area contributed by atoms with Gasteiger partial charge in [-0.1, -0.05) is 219 Å². The van der Waals surface area contributed by atoms with E-state index in [1.54, 1.807) is 0 Å². The van der Waals surface area contributed by atoms with Crippen molar-refractivity contribution in [3.63, 3.8) is 0 Å². The lowest BCUT2D eigenvalue weighted by Crippen LogP contribution is -2.30. The van der Waals surface area contributed by atoms with Crippen molar-refractivity contribution in [2.45, 2.75) is 245 Å². The molecule has 0 rings (SSSR count). The third-order valence-electron chi connectivity index (χ3n) is 11.6. The van der Waals surface area contributed by atoms with E-state index >= 15 is 0 Å². The van der Waals surface area contributed by atoms with E-state index in [1.165, 1.54) is 70.6 Å². The number of rotatable bonds is 50. The van der Waals surface area contributed by atoms with E-state index in [4.69, 9.17) is 14.2 Å². The predicted octanol–water partition coefficient (Wildman–Crippen LogP) is 19.4. The molecule has 6 nitrogen and oxygen atoms in total. The molecule has 6 heteroatoms. The number of unbranched alkanes of at least 4 members (excludes halogenated alkanes) is 17. The number of hydrogen-bond donors (Lipinski definition) is 0. The van der Waals surface area contributed by atoms with Crippen LogP contribution in [-0.4, -0.2) is 37.2 Å². The normalized spacial score (nSPS) is 13.1. The molecule has 0 saturated carbocycles. The molecule has 0 saturated heterocycles. The van der Waals surface area contributed by atoms with Crippen molar-refractivity contribution in [2.75, 3.05) is 13.2 Å². The van der Waals surface area contributed by atoms with Crippen molar-refractivity contribution in [3.8, 4) is 0 Å². The highest BCUT2D eigenvalue weighted by atomic mass is 16.6. The van der Waals surface area contributed by atoms with Crippen molar-refractivity contribution in [3.05, 3.63) is 134 Å². The number of allylic oxidation sites excluding steroid dienone is 22. The Labute approximate surface area is 436 Å². The molecule has 1 atom stereocenters. The smallest absolute Gasteiger partial charge is 0.306 e. The summed E-state index contributed by atoms with van der Waals surface area (Å²) in [5, 5.41) is 0. The summed E-state index contributed by atoms with van der Waals surface area (Å²) in [7, 11) is 0. The first-order chi connectivity index (χ1) is 35.0. The minimum Gasteiger partial charge on any atom is -0.462 e. The molecule has 0 N–H and O–H groups in total. The number of carbonyl (C=O) groups is 3. The van der Waals surface area contributed by atoms with Gasteiger partial charge < -0.3 is 14.2 Å². The zero-order valence-electron chi connectivity index (χ0n) is 45.7. The summed E-state index contributed by atoms with van der Waals surface area (Å²) in [6, 6.07) is 0. The molecule has 0 spiro atoms. The SMILES string of the molecule is CC/C=C\C/C=C\C/C=C\C/C=C\C/C=C\CCCCCC(=O)OC[C@H](COC(=O)CCC/C=C\C/C=C\C/C=C\CCCCCCCC)OC(=O)CCCCCC/C=C\C/C=C\C/C=C\CCCCC. The summed E-state index contributed by atoms with van der Waals surface area (Å²) >= 11 is 0. The summed E-state index contributed by atoms with van der Waals surface area (Å²) in [4.78, 5) is 38.1. The van der Waals surface area contributed by atoms with Gasteiger partial charge in [0, 0.05) is 19.3 Å². The first-order valence-electron chi connectivity index (χ1n) is 28.7. The van der Waals surface area contributed by atoms with Gasteiger partial charge in [0.2, 0.25) is 0 Å². The Morgan fingerprint density at radius 1 is 0.296 bits per heavy atom. The molecule has 400 valence electrons. The average Bonchev–Trinajstić information content (AvgIpc) is 3.37. The topological polar surface area (TPSA) is 78.9 Å². The molecule has 0 aliphatic carbocycles. The van der Waals surface area contributed by atoms with Gasteiger partial charge in [0.25, 0.3) is 0 Å². The quantitative estimate of drug-likeness (QED) is 0.0262. The van der Waals surface area contributed by atoms with Gasteiger partial charge in [0.15, 0.2) is 6.10 Å². The van der Waals surface area contributed by atoms with Gasteiger partial charge in [-0.2, -0.15) is 0 Å². The van der Waals surface area contributed by atoms with Gasteiger partial charge in [-0.3, -0.25) is 14.4 Å². The highest BCUT2D eigenvalue weighted by molar-refractivity contribution is 5.71. The van der Waals surface area contributed by atoms with Crippen molar-refractivity contribution in [1.29, 1.82) is 0 Å². The highest BCUT2D eigenvalue weighted by Crippen LogP contribution is 2.12. The Kier molecular flexibility index (Phi) is 54.5. The van der Waals surface area contributed by atoms with Crippen molar-refractivity contribution < 1.29 is 28.6 Å². The fourth-order valence-corrected chi connectivity index (χ4v) is 7.31. The summed E-state index contributed by atoms with van der Waals surface area (Å²) in [5.74, 6) is -1.03. The lowest BCUT2D eigenvalue weighted by atomic mass is 10.1. The minimum absolute atomic E-state index is 0.125. The number of ether oxygens (including phenoxy) is 3. The van der Waals surface area contributed by atoms with E-state index in [0.29, 0.717) is 12.8 Å². The molecule has 0 aromatic carbocycles. The number of carbonyl (C=O) groups excluding carboxylic acids is 3. The van der Waals surface area contributed by atoms with Crippen LogP contribution in [-0.2, 0) is 28.6 Å². The number of hydrogen-bond acceptors (Lipinski definition) is 6. The molecule has 0 aromatic heterocycles. The lowest BCUT2D eigenvalue weighted by Gasteiger charge is -2.18. The van der Waals surface area contributed by atoms with Crippen LogP contribution < -0.4 is 0 Å². The molecule has 0 aliphatic heterocycles. The third-order valence-corrected chi connectivity index (χ3v) is 11.6. The summed E-state index contributed by atoms with van der Waals surface area (Å²) < 4.78 is 16.8. The fourth-order valence-electron chi connectivity index (χ4n) is 7.31. The fraction of sp³-hybridized carbons (Fsp3) is 0.615. The second kappa shape index (κ2) is 58.1. The molecule has 0 heterocycles. The monoisotopic (exact) mass is 981 g/mol. The second-order valence-electron chi connectivity index (χ2n) is 18.5. The van der Waals surface area contributed by atoms with Crippen LogP contribution in [0.25, 0.3) is 0 Å². The van der Waals surface area contributed by atoms with Gasteiger partial charge in [0.05, 0.1) is 0 Å². The van der Waals surface area contributed by atoms with Crippen molar-refractivity contribution >= 4 is 17.9 Å². The van der Waals surface area contributed by atoms with Crippen LogP contribution in [0, 0.1) is 0 Å². The van der Waals surface area contributed by atoms with Gasteiger partial charge in [-0.25, -0.2) is 0 Å². The molecular formula is C65H104O6. The third kappa shape index (κ3) is 56.3. The van der Waals surface area contributed by atoms with Gasteiger partial charge in [0.1, 0.15) is 13.2 Å². The standard InChI is InChI=1S/C65H104O6/c1-4-7-10-13-16-19-22-25-28-31-32-35-37-40-43-46-49-52-55-58-64(67)70-61-62(71-65(68)59-56-53-50-47-44-41-38-34-30-27-24-21-18-15-12-9-6-3)60-69-63(66)57-54-51-48-45-42-39-36-33-29-26-23-20-17-14-11-8-5-2/h7,10,16,18-19,21,25-30,32,35-36,38-41,43,45,48,62H,4-6,8-9,11-15,17,20,22-24,31,33-34,37,42,44,46-47,49-61H2,1-3H3/b10-7-,19-16-,21-18-,28-25-,29-26-,30-27-,35-32-,39-36-,41-38-,43-40-,48-45-/t62-/m0/s1. The molecule has 0 fully saturated rings. The van der Waals surface area contributed by atoms with Gasteiger partial charge in [-0.15, -0.1) is 0 Å². The maximum absolute atomic E-state index is 12.9. The molecule has 0 amide bonds. The van der Waals surface area contributed by atoms with Crippen LogP contribution in [0.4, 0.5) is 0 Å². The summed E-state index contributed by atoms with van der Waals surface area (Å²) in [6.45, 7) is 6.39. The minimum atomic E-state index is -0.830. The molecule has 0 aliphatic rings. The lowest BCUT2D eigenvalue weighted by molar-refractivity contribution is -0.167. The van der Waals surface area contributed by atoms with E-state index in [-0.39, 0.29) is 44.0 Å². The maximum Gasteiger partial charge on any atom is 0.306 e. The number of esters is 3. The Balaban J connectivity index is 4.59. The summed E-state index contributed by atoms with van der Waals surface area (Å²) in [5.41, 5.74) is 0. The highest BCUT2D eigenvalue weighted by Gasteiger charge is 2.19. The predicted molar refractivity (Wildman–Crippen MR) is 306 cm³/mol. The molecule has 0 aromatic rings. The molecular weight excluding hydrogens is 877 g/mol. The zero-order chi connectivity index (χ0) is 51.4. The van der Waals surface area contributed by atoms with E-state index in [1.807, 2.05) is 0 Å². The van der Waals surface area contributed by atoms with E-state index in [2.05, 4.69) is 154 Å². The van der Waals surface area contributed by atoms with E-state index in [0.717, 1.165) is 122 Å². The first kappa shape index (κ1) is 66.6. The van der Waals surface area contributed by atoms with Crippen LogP contribution in [0.5, 0.6) is 0 Å². The first-order valence-corrected chi connectivity index (χ1v) is 28.7. The molecule has 0 radical (unpaired) electrons. The summed E-state index contributed by atoms with van der Waals surface area (Å²) in [6.07, 6.45) is 81.6. The Morgan fingerprint density at radius 2 is 0.563 bits per heavy atom. The van der Waals surface area contributed by atoms with Crippen LogP contribution in [0.3, 0.4) is 0 Å². The van der Waals surface area contributed by atoms with Crippen LogP contribution in [0.1, 0.15) is 239 Å². The molecule has 71 heavy (non-hydrogen) atoms. The molecule has 0 bridgehead atoms. The van der Waals surface area contributed by atoms with Crippen LogP contribution in [0.2, 0.25) is 0 Å².